The van der Waals surface area contributed by atoms with E-state index in [0.29, 0.717) is 12.3 Å². The molecule has 14 heavy (non-hydrogen) atoms. The highest BCUT2D eigenvalue weighted by atomic mass is 16.6. The Morgan fingerprint density at radius 2 is 1.71 bits per heavy atom. The summed E-state index contributed by atoms with van der Waals surface area (Å²) in [7, 11) is 0. The van der Waals surface area contributed by atoms with Gasteiger partial charge in [0.15, 0.2) is 0 Å². The Labute approximate surface area is 87.1 Å². The van der Waals surface area contributed by atoms with Crippen molar-refractivity contribution in [2.45, 2.75) is 59.0 Å². The third-order valence-corrected chi connectivity index (χ3v) is 2.33. The van der Waals surface area contributed by atoms with Gasteiger partial charge in [-0.05, 0) is 26.7 Å². The van der Waals surface area contributed by atoms with Crippen LogP contribution < -0.4 is 0 Å². The van der Waals surface area contributed by atoms with Crippen molar-refractivity contribution in [3.63, 3.8) is 0 Å². The Kier molecular flexibility index (Phi) is 6.54. The summed E-state index contributed by atoms with van der Waals surface area (Å²) in [4.78, 5) is 4.96. The van der Waals surface area contributed by atoms with Gasteiger partial charge in [-0.3, -0.25) is 0 Å². The van der Waals surface area contributed by atoms with Gasteiger partial charge in [-0.1, -0.05) is 31.8 Å². The molecule has 1 N–H and O–H groups in total. The van der Waals surface area contributed by atoms with Crippen molar-refractivity contribution in [3.05, 3.63) is 0 Å². The molecule has 0 saturated carbocycles. The molecule has 0 radical (unpaired) electrons. The SMILES string of the molecule is CCCC(O)(CCC)/C(C)=N/OCC. The Morgan fingerprint density at radius 3 is 2.07 bits per heavy atom. The molecule has 0 fully saturated rings. The van der Waals surface area contributed by atoms with Crippen molar-refractivity contribution in [2.24, 2.45) is 5.16 Å². The molecule has 0 amide bonds. The maximum atomic E-state index is 10.3. The number of hydrogen-bond donors (Lipinski definition) is 1. The Hall–Kier alpha value is -0.570. The summed E-state index contributed by atoms with van der Waals surface area (Å²) in [6, 6.07) is 0. The molecule has 0 saturated heterocycles. The molecule has 0 aromatic carbocycles. The van der Waals surface area contributed by atoms with Gasteiger partial charge in [0.1, 0.15) is 12.2 Å². The summed E-state index contributed by atoms with van der Waals surface area (Å²) in [5.74, 6) is 0. The zero-order chi connectivity index (χ0) is 11.0. The number of oxime groups is 1. The van der Waals surface area contributed by atoms with Crippen molar-refractivity contribution in [3.8, 4) is 0 Å². The van der Waals surface area contributed by atoms with Gasteiger partial charge in [0, 0.05) is 0 Å². The van der Waals surface area contributed by atoms with Crippen LogP contribution in [0.3, 0.4) is 0 Å². The Morgan fingerprint density at radius 1 is 1.21 bits per heavy atom. The summed E-state index contributed by atoms with van der Waals surface area (Å²) in [5.41, 5.74) is -0.0679. The molecule has 0 rings (SSSR count). The van der Waals surface area contributed by atoms with Crippen LogP contribution >= 0.6 is 0 Å². The average molecular weight is 201 g/mol. The fourth-order valence-corrected chi connectivity index (χ4v) is 1.56. The molecular weight excluding hydrogens is 178 g/mol. The van der Waals surface area contributed by atoms with Gasteiger partial charge in [0.05, 0.1) is 5.71 Å². The predicted octanol–water partition coefficient (Wildman–Crippen LogP) is 2.73. The highest BCUT2D eigenvalue weighted by Gasteiger charge is 2.28. The van der Waals surface area contributed by atoms with E-state index in [1.807, 2.05) is 13.8 Å². The first kappa shape index (κ1) is 13.4. The van der Waals surface area contributed by atoms with Crippen LogP contribution in [0, 0.1) is 0 Å². The Balaban J connectivity index is 4.44. The maximum Gasteiger partial charge on any atom is 0.114 e. The first-order valence-electron chi connectivity index (χ1n) is 5.50. The van der Waals surface area contributed by atoms with Gasteiger partial charge >= 0.3 is 0 Å². The average Bonchev–Trinajstić information content (AvgIpc) is 2.15. The summed E-state index contributed by atoms with van der Waals surface area (Å²) in [6.45, 7) is 8.39. The summed E-state index contributed by atoms with van der Waals surface area (Å²) in [5, 5.41) is 14.2. The van der Waals surface area contributed by atoms with Crippen molar-refractivity contribution in [1.82, 2.24) is 0 Å². The molecule has 3 nitrogen and oxygen atoms in total. The number of hydrogen-bond acceptors (Lipinski definition) is 3. The molecule has 0 aliphatic heterocycles. The quantitative estimate of drug-likeness (QED) is 0.508. The topological polar surface area (TPSA) is 41.8 Å². The smallest absolute Gasteiger partial charge is 0.114 e. The standard InChI is InChI=1S/C11H23NO2/c1-5-8-11(13,9-6-2)10(4)12-14-7-3/h13H,5-9H2,1-4H3/b12-10+. The van der Waals surface area contributed by atoms with Crippen molar-refractivity contribution in [2.75, 3.05) is 6.61 Å². The lowest BCUT2D eigenvalue weighted by molar-refractivity contribution is 0.0794. The van der Waals surface area contributed by atoms with E-state index in [9.17, 15) is 5.11 Å². The molecule has 0 spiro atoms. The summed E-state index contributed by atoms with van der Waals surface area (Å²) >= 11 is 0. The molecule has 3 heteroatoms. The molecule has 0 aliphatic rings. The minimum absolute atomic E-state index is 0.547. The molecule has 84 valence electrons. The van der Waals surface area contributed by atoms with E-state index >= 15 is 0 Å². The van der Waals surface area contributed by atoms with Gasteiger partial charge in [-0.2, -0.15) is 0 Å². The summed E-state index contributed by atoms with van der Waals surface area (Å²) < 4.78 is 0. The molecule has 0 aliphatic carbocycles. The molecule has 0 bridgehead atoms. The van der Waals surface area contributed by atoms with Crippen LogP contribution in [-0.2, 0) is 4.84 Å². The number of nitrogens with zero attached hydrogens (tertiary/aromatic N) is 1. The van der Waals surface area contributed by atoms with E-state index in [1.54, 1.807) is 0 Å². The third kappa shape index (κ3) is 4.09. The molecular formula is C11H23NO2. The zero-order valence-electron chi connectivity index (χ0n) is 9.84. The molecule has 0 unspecified atom stereocenters. The third-order valence-electron chi connectivity index (χ3n) is 2.33. The molecule has 0 heterocycles. The molecule has 0 aromatic heterocycles. The van der Waals surface area contributed by atoms with Gasteiger partial charge < -0.3 is 9.94 Å². The van der Waals surface area contributed by atoms with Crippen LogP contribution in [0.5, 0.6) is 0 Å². The summed E-state index contributed by atoms with van der Waals surface area (Å²) in [6.07, 6.45) is 3.41. The minimum Gasteiger partial charge on any atom is -0.396 e. The Bertz CT molecular complexity index is 172. The van der Waals surface area contributed by atoms with E-state index in [-0.39, 0.29) is 0 Å². The lowest BCUT2D eigenvalue weighted by Gasteiger charge is -2.26. The number of rotatable bonds is 7. The second-order valence-electron chi connectivity index (χ2n) is 3.63. The lowest BCUT2D eigenvalue weighted by Crippen LogP contribution is -2.36. The van der Waals surface area contributed by atoms with E-state index < -0.39 is 5.60 Å². The lowest BCUT2D eigenvalue weighted by atomic mass is 9.88. The van der Waals surface area contributed by atoms with Gasteiger partial charge in [-0.15, -0.1) is 0 Å². The van der Waals surface area contributed by atoms with Gasteiger partial charge in [-0.25, -0.2) is 0 Å². The number of aliphatic hydroxyl groups is 1. The largest absolute Gasteiger partial charge is 0.396 e. The zero-order valence-corrected chi connectivity index (χ0v) is 9.84. The van der Waals surface area contributed by atoms with E-state index in [0.717, 1.165) is 25.7 Å². The van der Waals surface area contributed by atoms with Crippen LogP contribution in [0.2, 0.25) is 0 Å². The normalized spacial score (nSPS) is 13.1. The van der Waals surface area contributed by atoms with Crippen LogP contribution in [0.4, 0.5) is 0 Å². The maximum absolute atomic E-state index is 10.3. The molecule has 0 atom stereocenters. The van der Waals surface area contributed by atoms with Gasteiger partial charge in [0.2, 0.25) is 0 Å². The van der Waals surface area contributed by atoms with Crippen LogP contribution in [0.25, 0.3) is 0 Å². The monoisotopic (exact) mass is 201 g/mol. The van der Waals surface area contributed by atoms with Crippen molar-refractivity contribution >= 4 is 5.71 Å². The predicted molar refractivity (Wildman–Crippen MR) is 59.5 cm³/mol. The van der Waals surface area contributed by atoms with E-state index in [4.69, 9.17) is 4.84 Å². The highest BCUT2D eigenvalue weighted by molar-refractivity contribution is 5.89. The molecule has 0 aromatic rings. The fourth-order valence-electron chi connectivity index (χ4n) is 1.56. The van der Waals surface area contributed by atoms with Crippen LogP contribution in [-0.4, -0.2) is 23.0 Å². The first-order valence-corrected chi connectivity index (χ1v) is 5.50. The second kappa shape index (κ2) is 6.82. The van der Waals surface area contributed by atoms with Gasteiger partial charge in [0.25, 0.3) is 0 Å². The van der Waals surface area contributed by atoms with Crippen LogP contribution in [0.1, 0.15) is 53.4 Å². The first-order chi connectivity index (χ1) is 6.60. The van der Waals surface area contributed by atoms with Crippen molar-refractivity contribution < 1.29 is 9.94 Å². The van der Waals surface area contributed by atoms with Crippen molar-refractivity contribution in [1.29, 1.82) is 0 Å². The van der Waals surface area contributed by atoms with E-state index in [2.05, 4.69) is 19.0 Å². The highest BCUT2D eigenvalue weighted by Crippen LogP contribution is 2.21. The van der Waals surface area contributed by atoms with E-state index in [1.165, 1.54) is 0 Å². The minimum atomic E-state index is -0.765. The van der Waals surface area contributed by atoms with Crippen LogP contribution in [0.15, 0.2) is 5.16 Å². The second-order valence-corrected chi connectivity index (χ2v) is 3.63. The fraction of sp³-hybridized carbons (Fsp3) is 0.909.